The second kappa shape index (κ2) is 5.11. The highest BCUT2D eigenvalue weighted by atomic mass is 32.1. The van der Waals surface area contributed by atoms with Crippen LogP contribution in [0.25, 0.3) is 0 Å². The topological polar surface area (TPSA) is 40.5 Å². The van der Waals surface area contributed by atoms with Crippen molar-refractivity contribution in [2.24, 2.45) is 0 Å². The van der Waals surface area contributed by atoms with Crippen LogP contribution >= 0.6 is 11.3 Å². The zero-order valence-corrected chi connectivity index (χ0v) is 8.38. The van der Waals surface area contributed by atoms with Crippen LogP contribution in [0.1, 0.15) is 9.67 Å². The summed E-state index contributed by atoms with van der Waals surface area (Å²) in [5.74, 6) is 0.117. The molecule has 72 valence electrons. The minimum atomic E-state index is 0.0915. The highest BCUT2D eigenvalue weighted by molar-refractivity contribution is 7.12. The Morgan fingerprint density at radius 2 is 2.46 bits per heavy atom. The smallest absolute Gasteiger partial charge is 0.186 e. The lowest BCUT2D eigenvalue weighted by atomic mass is 10.3. The Balaban J connectivity index is 2.42. The fraction of sp³-hybridized carbons (Fsp3) is 0.444. The molecule has 0 aliphatic carbocycles. The lowest BCUT2D eigenvalue weighted by Crippen LogP contribution is -2.28. The van der Waals surface area contributed by atoms with Gasteiger partial charge in [-0.15, -0.1) is 11.3 Å². The van der Waals surface area contributed by atoms with E-state index in [0.717, 1.165) is 4.88 Å². The van der Waals surface area contributed by atoms with Crippen molar-refractivity contribution in [1.29, 1.82) is 0 Å². The van der Waals surface area contributed by atoms with E-state index in [9.17, 15) is 4.79 Å². The number of carbonyl (C=O) groups is 1. The van der Waals surface area contributed by atoms with Crippen molar-refractivity contribution >= 4 is 17.1 Å². The molecule has 0 atom stereocenters. The zero-order valence-electron chi connectivity index (χ0n) is 7.56. The fourth-order valence-corrected chi connectivity index (χ4v) is 1.67. The molecular formula is C9H13NO2S. The number of rotatable bonds is 5. The van der Waals surface area contributed by atoms with Crippen molar-refractivity contribution in [2.45, 2.75) is 0 Å². The van der Waals surface area contributed by atoms with Gasteiger partial charge in [0.2, 0.25) is 0 Å². The van der Waals surface area contributed by atoms with Gasteiger partial charge in [-0.1, -0.05) is 6.07 Å². The normalized spacial score (nSPS) is 10.7. The minimum Gasteiger partial charge on any atom is -0.395 e. The van der Waals surface area contributed by atoms with E-state index in [1.165, 1.54) is 11.3 Å². The molecule has 0 fully saturated rings. The maximum atomic E-state index is 11.5. The first-order valence-electron chi connectivity index (χ1n) is 4.10. The number of nitrogens with zero attached hydrogens (tertiary/aromatic N) is 1. The van der Waals surface area contributed by atoms with Gasteiger partial charge in [0, 0.05) is 6.54 Å². The van der Waals surface area contributed by atoms with E-state index in [0.29, 0.717) is 13.1 Å². The molecule has 0 saturated heterocycles. The summed E-state index contributed by atoms with van der Waals surface area (Å²) in [6, 6.07) is 3.68. The molecule has 0 aliphatic heterocycles. The van der Waals surface area contributed by atoms with E-state index in [4.69, 9.17) is 5.11 Å². The second-order valence-corrected chi connectivity index (χ2v) is 3.81. The first-order valence-corrected chi connectivity index (χ1v) is 4.98. The van der Waals surface area contributed by atoms with E-state index in [-0.39, 0.29) is 12.4 Å². The largest absolute Gasteiger partial charge is 0.395 e. The number of hydrogen-bond donors (Lipinski definition) is 1. The zero-order chi connectivity index (χ0) is 9.68. The summed E-state index contributed by atoms with van der Waals surface area (Å²) in [6.45, 7) is 1.01. The lowest BCUT2D eigenvalue weighted by molar-refractivity contribution is 0.0940. The molecule has 0 bridgehead atoms. The van der Waals surface area contributed by atoms with Crippen molar-refractivity contribution in [2.75, 3.05) is 26.7 Å². The van der Waals surface area contributed by atoms with Gasteiger partial charge >= 0.3 is 0 Å². The molecule has 0 aromatic carbocycles. The van der Waals surface area contributed by atoms with Gasteiger partial charge in [-0.25, -0.2) is 0 Å². The Morgan fingerprint density at radius 3 is 3.00 bits per heavy atom. The van der Waals surface area contributed by atoms with Crippen LogP contribution in [0.2, 0.25) is 0 Å². The molecule has 0 spiro atoms. The van der Waals surface area contributed by atoms with Crippen LogP contribution in [0.15, 0.2) is 17.5 Å². The number of thiophene rings is 1. The third-order valence-corrected chi connectivity index (χ3v) is 2.60. The van der Waals surface area contributed by atoms with E-state index >= 15 is 0 Å². The van der Waals surface area contributed by atoms with Crippen molar-refractivity contribution in [1.82, 2.24) is 4.90 Å². The molecule has 1 rings (SSSR count). The number of aliphatic hydroxyl groups is 1. The number of likely N-dealkylation sites (N-methyl/N-ethyl adjacent to an activating group) is 1. The lowest BCUT2D eigenvalue weighted by Gasteiger charge is -2.12. The Bertz CT molecular complexity index is 259. The highest BCUT2D eigenvalue weighted by Crippen LogP contribution is 2.09. The number of hydrogen-bond acceptors (Lipinski definition) is 4. The van der Waals surface area contributed by atoms with Crippen LogP contribution in [0.5, 0.6) is 0 Å². The molecule has 0 radical (unpaired) electrons. The van der Waals surface area contributed by atoms with Crippen LogP contribution < -0.4 is 0 Å². The molecule has 13 heavy (non-hydrogen) atoms. The van der Waals surface area contributed by atoms with Crippen molar-refractivity contribution < 1.29 is 9.90 Å². The van der Waals surface area contributed by atoms with Crippen LogP contribution in [-0.4, -0.2) is 42.5 Å². The Kier molecular flexibility index (Phi) is 4.08. The molecule has 1 aromatic rings. The van der Waals surface area contributed by atoms with E-state index in [1.54, 1.807) is 0 Å². The average Bonchev–Trinajstić information content (AvgIpc) is 2.55. The molecule has 0 saturated carbocycles. The summed E-state index contributed by atoms with van der Waals surface area (Å²) in [6.07, 6.45) is 0. The number of aliphatic hydroxyl groups excluding tert-OH is 1. The van der Waals surface area contributed by atoms with Gasteiger partial charge in [-0.2, -0.15) is 0 Å². The standard InChI is InChI=1S/C9H13NO2S/c1-10(4-5-11)7-8(12)9-3-2-6-13-9/h2-3,6,11H,4-5,7H2,1H3. The molecule has 0 aliphatic rings. The van der Waals surface area contributed by atoms with Gasteiger partial charge in [0.05, 0.1) is 18.0 Å². The predicted molar refractivity (Wildman–Crippen MR) is 53.2 cm³/mol. The Hall–Kier alpha value is -0.710. The van der Waals surface area contributed by atoms with E-state index in [1.807, 2.05) is 29.5 Å². The maximum Gasteiger partial charge on any atom is 0.186 e. The third kappa shape index (κ3) is 3.26. The molecule has 3 nitrogen and oxygen atoms in total. The third-order valence-electron chi connectivity index (χ3n) is 1.69. The Morgan fingerprint density at radius 1 is 1.69 bits per heavy atom. The van der Waals surface area contributed by atoms with Gasteiger partial charge < -0.3 is 5.11 Å². The molecule has 1 N–H and O–H groups in total. The van der Waals surface area contributed by atoms with E-state index in [2.05, 4.69) is 0 Å². The quantitative estimate of drug-likeness (QED) is 0.715. The Labute approximate surface area is 81.6 Å². The molecule has 4 heteroatoms. The first kappa shape index (κ1) is 10.4. The summed E-state index contributed by atoms with van der Waals surface area (Å²) >= 11 is 1.45. The van der Waals surface area contributed by atoms with Crippen LogP contribution in [0, 0.1) is 0 Å². The van der Waals surface area contributed by atoms with Crippen LogP contribution in [-0.2, 0) is 0 Å². The van der Waals surface area contributed by atoms with Gasteiger partial charge in [0.1, 0.15) is 0 Å². The highest BCUT2D eigenvalue weighted by Gasteiger charge is 2.08. The van der Waals surface area contributed by atoms with Gasteiger partial charge in [-0.05, 0) is 18.5 Å². The predicted octanol–water partition coefficient (Wildman–Crippen LogP) is 0.855. The first-order chi connectivity index (χ1) is 6.24. The SMILES string of the molecule is CN(CCO)CC(=O)c1cccs1. The van der Waals surface area contributed by atoms with Crippen molar-refractivity contribution in [3.05, 3.63) is 22.4 Å². The van der Waals surface area contributed by atoms with Crippen molar-refractivity contribution in [3.63, 3.8) is 0 Å². The summed E-state index contributed by atoms with van der Waals surface area (Å²) in [4.78, 5) is 14.1. The van der Waals surface area contributed by atoms with Gasteiger partial charge in [0.15, 0.2) is 5.78 Å². The fourth-order valence-electron chi connectivity index (χ4n) is 1.01. The molecule has 1 heterocycles. The monoisotopic (exact) mass is 199 g/mol. The summed E-state index contributed by atoms with van der Waals surface area (Å²) < 4.78 is 0. The summed E-state index contributed by atoms with van der Waals surface area (Å²) in [7, 11) is 1.82. The van der Waals surface area contributed by atoms with E-state index < -0.39 is 0 Å². The summed E-state index contributed by atoms with van der Waals surface area (Å²) in [5, 5.41) is 10.5. The van der Waals surface area contributed by atoms with Gasteiger partial charge in [0.25, 0.3) is 0 Å². The van der Waals surface area contributed by atoms with Gasteiger partial charge in [-0.3, -0.25) is 9.69 Å². The molecule has 1 aromatic heterocycles. The molecular weight excluding hydrogens is 186 g/mol. The number of ketones is 1. The van der Waals surface area contributed by atoms with Crippen molar-refractivity contribution in [3.8, 4) is 0 Å². The second-order valence-electron chi connectivity index (χ2n) is 2.86. The minimum absolute atomic E-state index is 0.0915. The maximum absolute atomic E-state index is 11.5. The van der Waals surface area contributed by atoms with Crippen LogP contribution in [0.4, 0.5) is 0 Å². The molecule has 0 amide bonds. The molecule has 0 unspecified atom stereocenters. The van der Waals surface area contributed by atoms with Crippen LogP contribution in [0.3, 0.4) is 0 Å². The summed E-state index contributed by atoms with van der Waals surface area (Å²) in [5.41, 5.74) is 0. The average molecular weight is 199 g/mol. The number of carbonyl (C=O) groups excluding carboxylic acids is 1. The number of Topliss-reactive ketones (excluding diaryl/α,β-unsaturated/α-hetero) is 1.